The molecule has 0 atom stereocenters. The van der Waals surface area contributed by atoms with Crippen molar-refractivity contribution in [2.24, 2.45) is 0 Å². The van der Waals surface area contributed by atoms with Crippen molar-refractivity contribution in [1.29, 1.82) is 0 Å². The number of hydrogen-bond donors (Lipinski definition) is 1. The van der Waals surface area contributed by atoms with Gasteiger partial charge in [-0.3, -0.25) is 0 Å². The number of rotatable bonds is 3. The molecule has 0 saturated carbocycles. The van der Waals surface area contributed by atoms with E-state index < -0.39 is 5.97 Å². The molecule has 35 heavy (non-hydrogen) atoms. The van der Waals surface area contributed by atoms with E-state index in [2.05, 4.69) is 18.7 Å². The molecule has 5 heterocycles. The fraction of sp³-hybridized carbons (Fsp3) is 0.370. The van der Waals surface area contributed by atoms with Gasteiger partial charge in [-0.2, -0.15) is 0 Å². The number of nitrogens with zero attached hydrogens (tertiary/aromatic N) is 3. The Morgan fingerprint density at radius 2 is 1.86 bits per heavy atom. The summed E-state index contributed by atoms with van der Waals surface area (Å²) in [7, 11) is 0. The Morgan fingerprint density at radius 1 is 1.11 bits per heavy atom. The lowest BCUT2D eigenvalue weighted by Gasteiger charge is -2.36. The van der Waals surface area contributed by atoms with Crippen LogP contribution in [0, 0.1) is 6.92 Å². The van der Waals surface area contributed by atoms with Gasteiger partial charge >= 0.3 is 5.97 Å². The van der Waals surface area contributed by atoms with E-state index in [4.69, 9.17) is 19.4 Å². The van der Waals surface area contributed by atoms with Gasteiger partial charge in [0.15, 0.2) is 5.69 Å². The quantitative estimate of drug-likeness (QED) is 0.423. The third-order valence-electron chi connectivity index (χ3n) is 6.97. The van der Waals surface area contributed by atoms with Crippen LogP contribution in [0.3, 0.4) is 0 Å². The number of morpholine rings is 1. The number of benzene rings is 1. The number of fused-ring (bicyclic) bond motifs is 5. The first-order chi connectivity index (χ1) is 16.8. The van der Waals surface area contributed by atoms with Crippen molar-refractivity contribution in [1.82, 2.24) is 9.97 Å². The highest BCUT2D eigenvalue weighted by Gasteiger charge is 2.34. The number of ether oxygens (including phenoxy) is 2. The number of aromatic carboxylic acids is 1. The van der Waals surface area contributed by atoms with Crippen LogP contribution in [0.5, 0.6) is 0 Å². The first kappa shape index (κ1) is 22.4. The van der Waals surface area contributed by atoms with E-state index in [-0.39, 0.29) is 11.3 Å². The van der Waals surface area contributed by atoms with E-state index in [0.29, 0.717) is 31.8 Å². The number of pyridine rings is 2. The molecule has 0 unspecified atom stereocenters. The Morgan fingerprint density at radius 3 is 2.57 bits per heavy atom. The first-order valence-electron chi connectivity index (χ1n) is 11.9. The number of thiophene rings is 1. The molecule has 1 aromatic carbocycles. The molecule has 3 aromatic heterocycles. The Hall–Kier alpha value is -3.07. The van der Waals surface area contributed by atoms with Crippen molar-refractivity contribution in [2.75, 3.05) is 31.2 Å². The van der Waals surface area contributed by atoms with Crippen LogP contribution in [0.25, 0.3) is 31.6 Å². The summed E-state index contributed by atoms with van der Waals surface area (Å²) < 4.78 is 12.8. The maximum atomic E-state index is 12.2. The van der Waals surface area contributed by atoms with Crippen LogP contribution in [-0.4, -0.2) is 52.9 Å². The van der Waals surface area contributed by atoms with E-state index in [9.17, 15) is 9.90 Å². The number of hydrogen-bond acceptors (Lipinski definition) is 7. The van der Waals surface area contributed by atoms with Crippen molar-refractivity contribution in [3.05, 3.63) is 52.7 Å². The van der Waals surface area contributed by atoms with E-state index >= 15 is 0 Å². The molecule has 8 heteroatoms. The molecule has 6 rings (SSSR count). The van der Waals surface area contributed by atoms with E-state index in [1.165, 1.54) is 5.56 Å². The molecule has 1 saturated heterocycles. The Balaban J connectivity index is 1.72. The zero-order valence-electron chi connectivity index (χ0n) is 20.1. The second-order valence-corrected chi connectivity index (χ2v) is 10.8. The molecule has 0 aliphatic carbocycles. The molecule has 0 spiro atoms. The fourth-order valence-electron chi connectivity index (χ4n) is 5.26. The minimum absolute atomic E-state index is 0.0911. The number of carbonyl (C=O) groups is 1. The third-order valence-corrected chi connectivity index (χ3v) is 8.06. The monoisotopic (exact) mass is 489 g/mol. The normalized spacial score (nSPS) is 17.6. The minimum atomic E-state index is -1.02. The largest absolute Gasteiger partial charge is 0.477 e. The highest BCUT2D eigenvalue weighted by atomic mass is 32.1. The Labute approximate surface area is 207 Å². The van der Waals surface area contributed by atoms with Gasteiger partial charge in [0.05, 0.1) is 35.6 Å². The SMILES string of the molecule is Cc1c(C(=O)O)nc2c(sc3nc(N4CCOCC4)c4c(c32)CC(C)(C)OC4)c1-c1ccccc1. The average Bonchev–Trinajstić information content (AvgIpc) is 3.21. The Kier molecular flexibility index (Phi) is 5.28. The summed E-state index contributed by atoms with van der Waals surface area (Å²) in [5.74, 6) is -0.0642. The first-order valence-corrected chi connectivity index (χ1v) is 12.7. The van der Waals surface area contributed by atoms with Crippen LogP contribution < -0.4 is 4.90 Å². The highest BCUT2D eigenvalue weighted by Crippen LogP contribution is 2.46. The fourth-order valence-corrected chi connectivity index (χ4v) is 6.52. The molecule has 0 bridgehead atoms. The molecule has 1 fully saturated rings. The van der Waals surface area contributed by atoms with Crippen LogP contribution in [0.4, 0.5) is 5.82 Å². The maximum absolute atomic E-state index is 12.2. The molecule has 2 aliphatic heterocycles. The van der Waals surface area contributed by atoms with Crippen molar-refractivity contribution >= 4 is 43.6 Å². The van der Waals surface area contributed by atoms with E-state index in [1.54, 1.807) is 11.3 Å². The van der Waals surface area contributed by atoms with Gasteiger partial charge < -0.3 is 19.5 Å². The number of aromatic nitrogens is 2. The third kappa shape index (κ3) is 3.67. The molecule has 4 aromatic rings. The summed E-state index contributed by atoms with van der Waals surface area (Å²) in [5, 5.41) is 11.0. The lowest BCUT2D eigenvalue weighted by Crippen LogP contribution is -2.39. The van der Waals surface area contributed by atoms with Crippen molar-refractivity contribution in [2.45, 2.75) is 39.4 Å². The molecule has 2 aliphatic rings. The smallest absolute Gasteiger partial charge is 0.354 e. The predicted octanol–water partition coefficient (Wildman–Crippen LogP) is 5.21. The summed E-state index contributed by atoms with van der Waals surface area (Å²) in [6.07, 6.45) is 0.711. The zero-order valence-corrected chi connectivity index (χ0v) is 20.9. The second-order valence-electron chi connectivity index (χ2n) is 9.81. The van der Waals surface area contributed by atoms with Crippen LogP contribution in [0.15, 0.2) is 30.3 Å². The maximum Gasteiger partial charge on any atom is 0.354 e. The molecular formula is C27H27N3O4S. The summed E-state index contributed by atoms with van der Waals surface area (Å²) in [5.41, 5.74) is 5.32. The van der Waals surface area contributed by atoms with Gasteiger partial charge in [-0.1, -0.05) is 30.3 Å². The molecule has 180 valence electrons. The van der Waals surface area contributed by atoms with Gasteiger partial charge in [-0.15, -0.1) is 11.3 Å². The molecule has 7 nitrogen and oxygen atoms in total. The molecule has 0 amide bonds. The van der Waals surface area contributed by atoms with Crippen molar-refractivity contribution in [3.63, 3.8) is 0 Å². The van der Waals surface area contributed by atoms with Gasteiger partial charge in [0.2, 0.25) is 0 Å². The van der Waals surface area contributed by atoms with Crippen molar-refractivity contribution < 1.29 is 19.4 Å². The van der Waals surface area contributed by atoms with Gasteiger partial charge in [-0.25, -0.2) is 14.8 Å². The molecular weight excluding hydrogens is 462 g/mol. The lowest BCUT2D eigenvalue weighted by atomic mass is 9.89. The zero-order chi connectivity index (χ0) is 24.3. The summed E-state index contributed by atoms with van der Waals surface area (Å²) in [6.45, 7) is 9.44. The van der Waals surface area contributed by atoms with Crippen LogP contribution in [0.2, 0.25) is 0 Å². The molecule has 1 N–H and O–H groups in total. The van der Waals surface area contributed by atoms with Crippen LogP contribution >= 0.6 is 11.3 Å². The average molecular weight is 490 g/mol. The standard InChI is InChI=1S/C27H27N3O4S/c1-15-19(16-7-5-4-6-8-16)23-22(28-21(15)26(31)32)20-17-13-27(2,3)34-14-18(17)24(29-25(20)35-23)30-9-11-33-12-10-30/h4-8H,9-14H2,1-3H3,(H,31,32). The topological polar surface area (TPSA) is 84.8 Å². The van der Waals surface area contributed by atoms with Crippen molar-refractivity contribution in [3.8, 4) is 11.1 Å². The lowest BCUT2D eigenvalue weighted by molar-refractivity contribution is -0.0396. The van der Waals surface area contributed by atoms with Gasteiger partial charge in [-0.05, 0) is 37.5 Å². The van der Waals surface area contributed by atoms with Gasteiger partial charge in [0.25, 0.3) is 0 Å². The summed E-state index contributed by atoms with van der Waals surface area (Å²) >= 11 is 1.60. The number of carboxylic acid groups (broad SMARTS) is 1. The number of anilines is 1. The highest BCUT2D eigenvalue weighted by molar-refractivity contribution is 7.26. The van der Waals surface area contributed by atoms with E-state index in [0.717, 1.165) is 56.0 Å². The summed E-state index contributed by atoms with van der Waals surface area (Å²) in [6, 6.07) is 9.97. The molecule has 0 radical (unpaired) electrons. The second kappa shape index (κ2) is 8.26. The van der Waals surface area contributed by atoms with Crippen LogP contribution in [-0.2, 0) is 22.5 Å². The van der Waals surface area contributed by atoms with Crippen LogP contribution in [0.1, 0.15) is 41.0 Å². The summed E-state index contributed by atoms with van der Waals surface area (Å²) in [4.78, 5) is 25.3. The van der Waals surface area contributed by atoms with E-state index in [1.807, 2.05) is 37.3 Å². The number of carboxylic acids is 1. The Bertz CT molecular complexity index is 1470. The van der Waals surface area contributed by atoms with Gasteiger partial charge in [0.1, 0.15) is 10.6 Å². The van der Waals surface area contributed by atoms with Gasteiger partial charge in [0, 0.05) is 36.0 Å². The predicted molar refractivity (Wildman–Crippen MR) is 138 cm³/mol. The minimum Gasteiger partial charge on any atom is -0.477 e.